The highest BCUT2D eigenvalue weighted by molar-refractivity contribution is 6.31. The zero-order valence-corrected chi connectivity index (χ0v) is 18.7. The Kier molecular flexibility index (Phi) is 7.30. The number of para-hydroxylation sites is 1. The summed E-state index contributed by atoms with van der Waals surface area (Å²) >= 11 is 6.42. The van der Waals surface area contributed by atoms with Crippen molar-refractivity contribution in [2.45, 2.75) is 38.8 Å². The Morgan fingerprint density at radius 2 is 1.78 bits per heavy atom. The zero-order valence-electron chi connectivity index (χ0n) is 17.9. The lowest BCUT2D eigenvalue weighted by Gasteiger charge is -2.33. The van der Waals surface area contributed by atoms with E-state index in [1.807, 2.05) is 48.5 Å². The van der Waals surface area contributed by atoms with Crippen LogP contribution in [0.5, 0.6) is 5.75 Å². The fourth-order valence-corrected chi connectivity index (χ4v) is 4.27. The van der Waals surface area contributed by atoms with E-state index in [-0.39, 0.29) is 6.42 Å². The lowest BCUT2D eigenvalue weighted by Crippen LogP contribution is -2.29. The Balaban J connectivity index is 1.46. The number of hydrogen-bond donors (Lipinski definition) is 1. The molecule has 0 aromatic heterocycles. The number of aryl methyl sites for hydroxylation is 2. The largest absolute Gasteiger partial charge is 0.487 e. The van der Waals surface area contributed by atoms with Crippen LogP contribution in [0.2, 0.25) is 5.02 Å². The van der Waals surface area contributed by atoms with Crippen LogP contribution >= 0.6 is 11.6 Å². The lowest BCUT2D eigenvalue weighted by atomic mass is 10.00. The van der Waals surface area contributed by atoms with Crippen molar-refractivity contribution in [1.82, 2.24) is 0 Å². The quantitative estimate of drug-likeness (QED) is 0.476. The molecule has 32 heavy (non-hydrogen) atoms. The van der Waals surface area contributed by atoms with Gasteiger partial charge in [-0.15, -0.1) is 0 Å². The molecule has 0 unspecified atom stereocenters. The first-order valence-electron chi connectivity index (χ1n) is 10.8. The van der Waals surface area contributed by atoms with E-state index in [1.54, 1.807) is 0 Å². The first-order valence-corrected chi connectivity index (χ1v) is 11.2. The van der Waals surface area contributed by atoms with E-state index in [2.05, 4.69) is 27.9 Å². The van der Waals surface area contributed by atoms with Crippen LogP contribution < -0.4 is 15.5 Å². The van der Waals surface area contributed by atoms with Crippen LogP contribution in [-0.2, 0) is 35.6 Å². The van der Waals surface area contributed by atoms with Gasteiger partial charge in [0.1, 0.15) is 12.4 Å². The average molecular weight is 451 g/mol. The molecule has 3 aromatic rings. The molecule has 0 saturated heterocycles. The average Bonchev–Trinajstić information content (AvgIpc) is 2.83. The van der Waals surface area contributed by atoms with Crippen molar-refractivity contribution in [3.05, 3.63) is 94.0 Å². The molecule has 0 bridgehead atoms. The topological polar surface area (TPSA) is 64.8 Å². The molecular formula is C26H27ClN2O3. The van der Waals surface area contributed by atoms with Crippen LogP contribution in [0.3, 0.4) is 0 Å². The van der Waals surface area contributed by atoms with Gasteiger partial charge in [0.05, 0.1) is 12.1 Å². The fraction of sp³-hybridized carbons (Fsp3) is 0.269. The highest BCUT2D eigenvalue weighted by atomic mass is 35.5. The van der Waals surface area contributed by atoms with Crippen molar-refractivity contribution in [2.24, 2.45) is 5.90 Å². The number of hydrogen-bond acceptors (Lipinski definition) is 5. The molecule has 0 spiro atoms. The molecule has 166 valence electrons. The van der Waals surface area contributed by atoms with E-state index >= 15 is 0 Å². The van der Waals surface area contributed by atoms with Crippen LogP contribution in [0.1, 0.15) is 35.1 Å². The van der Waals surface area contributed by atoms with Crippen LogP contribution in [0.15, 0.2) is 66.7 Å². The van der Waals surface area contributed by atoms with Crippen LogP contribution in [0.4, 0.5) is 5.69 Å². The van der Waals surface area contributed by atoms with Crippen LogP contribution in [-0.4, -0.2) is 12.5 Å². The van der Waals surface area contributed by atoms with Gasteiger partial charge in [0, 0.05) is 18.1 Å². The number of benzene rings is 3. The van der Waals surface area contributed by atoms with Crippen molar-refractivity contribution < 1.29 is 14.4 Å². The van der Waals surface area contributed by atoms with Gasteiger partial charge < -0.3 is 14.5 Å². The summed E-state index contributed by atoms with van der Waals surface area (Å²) in [6.45, 7) is 2.20. The van der Waals surface area contributed by atoms with Crippen LogP contribution in [0, 0.1) is 0 Å². The van der Waals surface area contributed by atoms with Gasteiger partial charge in [0.25, 0.3) is 0 Å². The van der Waals surface area contributed by atoms with Gasteiger partial charge in [-0.25, -0.2) is 0 Å². The second-order valence-electron chi connectivity index (χ2n) is 7.98. The molecular weight excluding hydrogens is 424 g/mol. The van der Waals surface area contributed by atoms with E-state index in [1.165, 1.54) is 5.56 Å². The Morgan fingerprint density at radius 3 is 2.56 bits per heavy atom. The Hall–Kier alpha value is -3.02. The third-order valence-corrected chi connectivity index (χ3v) is 6.13. The maximum absolute atomic E-state index is 11.2. The maximum atomic E-state index is 11.2. The predicted octanol–water partition coefficient (Wildman–Crippen LogP) is 5.22. The van der Waals surface area contributed by atoms with Crippen molar-refractivity contribution in [2.75, 3.05) is 11.4 Å². The van der Waals surface area contributed by atoms with E-state index in [0.717, 1.165) is 59.1 Å². The molecule has 0 radical (unpaired) electrons. The first kappa shape index (κ1) is 22.2. The minimum Gasteiger partial charge on any atom is -0.487 e. The molecule has 1 aliphatic rings. The van der Waals surface area contributed by atoms with Gasteiger partial charge in [-0.05, 0) is 53.6 Å². The highest BCUT2D eigenvalue weighted by Crippen LogP contribution is 2.38. The molecule has 0 amide bonds. The van der Waals surface area contributed by atoms with Crippen LogP contribution in [0.25, 0.3) is 0 Å². The van der Waals surface area contributed by atoms with Crippen molar-refractivity contribution >= 4 is 23.3 Å². The summed E-state index contributed by atoms with van der Waals surface area (Å²) in [5.41, 5.74) is 5.72. The zero-order chi connectivity index (χ0) is 22.3. The summed E-state index contributed by atoms with van der Waals surface area (Å²) in [7, 11) is 0. The van der Waals surface area contributed by atoms with E-state index in [9.17, 15) is 4.79 Å². The van der Waals surface area contributed by atoms with Gasteiger partial charge in [-0.2, -0.15) is 5.90 Å². The third kappa shape index (κ3) is 5.42. The number of nitrogens with two attached hydrogens (primary N) is 1. The van der Waals surface area contributed by atoms with E-state index in [4.69, 9.17) is 22.2 Å². The summed E-state index contributed by atoms with van der Waals surface area (Å²) < 4.78 is 6.28. The van der Waals surface area contributed by atoms with Gasteiger partial charge in [-0.3, -0.25) is 4.79 Å². The number of ether oxygens (including phenoxy) is 1. The first-order chi connectivity index (χ1) is 15.6. The molecule has 3 aromatic carbocycles. The standard InChI is InChI=1S/C26H27ClN2O3/c27-23-8-2-1-5-22(23)17-29-16-4-7-21-6-3-9-24(26(21)29)31-18-20-12-10-19(11-13-20)14-15-25(30)32-28/h1-3,5-6,8-13H,4,7,14-18,28H2. The second-order valence-corrected chi connectivity index (χ2v) is 8.38. The number of fused-ring (bicyclic) bond motifs is 1. The summed E-state index contributed by atoms with van der Waals surface area (Å²) in [6, 6.07) is 22.4. The number of nitrogens with zero attached hydrogens (tertiary/aromatic N) is 1. The number of carbonyl (C=O) groups excluding carboxylic acids is 1. The molecule has 1 aliphatic heterocycles. The summed E-state index contributed by atoms with van der Waals surface area (Å²) in [5.74, 6) is 5.37. The number of carbonyl (C=O) groups is 1. The maximum Gasteiger partial charge on any atom is 0.324 e. The fourth-order valence-electron chi connectivity index (χ4n) is 4.08. The van der Waals surface area contributed by atoms with E-state index in [0.29, 0.717) is 13.0 Å². The van der Waals surface area contributed by atoms with E-state index < -0.39 is 5.97 Å². The Bertz CT molecular complexity index is 1070. The molecule has 4 rings (SSSR count). The molecule has 0 atom stereocenters. The third-order valence-electron chi connectivity index (χ3n) is 5.76. The molecule has 6 heteroatoms. The summed E-state index contributed by atoms with van der Waals surface area (Å²) in [4.78, 5) is 17.8. The monoisotopic (exact) mass is 450 g/mol. The number of halogens is 1. The predicted molar refractivity (Wildman–Crippen MR) is 127 cm³/mol. The van der Waals surface area contributed by atoms with Gasteiger partial charge >= 0.3 is 5.97 Å². The Labute approximate surface area is 193 Å². The lowest BCUT2D eigenvalue weighted by molar-refractivity contribution is -0.144. The summed E-state index contributed by atoms with van der Waals surface area (Å²) in [6.07, 6.45) is 3.02. The van der Waals surface area contributed by atoms with Crippen molar-refractivity contribution in [3.63, 3.8) is 0 Å². The van der Waals surface area contributed by atoms with Gasteiger partial charge in [-0.1, -0.05) is 66.2 Å². The smallest absolute Gasteiger partial charge is 0.324 e. The number of anilines is 1. The van der Waals surface area contributed by atoms with Crippen molar-refractivity contribution in [1.29, 1.82) is 0 Å². The highest BCUT2D eigenvalue weighted by Gasteiger charge is 2.22. The van der Waals surface area contributed by atoms with Gasteiger partial charge in [0.15, 0.2) is 0 Å². The second kappa shape index (κ2) is 10.5. The molecule has 5 nitrogen and oxygen atoms in total. The Morgan fingerprint density at radius 1 is 1.00 bits per heavy atom. The van der Waals surface area contributed by atoms with Crippen molar-refractivity contribution in [3.8, 4) is 5.75 Å². The molecule has 0 saturated carbocycles. The van der Waals surface area contributed by atoms with Gasteiger partial charge in [0.2, 0.25) is 0 Å². The minimum absolute atomic E-state index is 0.268. The normalized spacial score (nSPS) is 12.9. The molecule has 0 fully saturated rings. The summed E-state index contributed by atoms with van der Waals surface area (Å²) in [5, 5.41) is 0.790. The minimum atomic E-state index is -0.410. The molecule has 0 aliphatic carbocycles. The SMILES string of the molecule is NOC(=O)CCc1ccc(COc2cccc3c2N(Cc2ccccc2Cl)CCC3)cc1. The molecule has 1 heterocycles. The molecule has 2 N–H and O–H groups in total. The number of rotatable bonds is 8.